The van der Waals surface area contributed by atoms with E-state index in [4.69, 9.17) is 0 Å². The van der Waals surface area contributed by atoms with Crippen LogP contribution in [0, 0.1) is 5.92 Å². The molecule has 1 aliphatic rings. The minimum absolute atomic E-state index is 0.215. The van der Waals surface area contributed by atoms with E-state index in [2.05, 4.69) is 5.32 Å². The van der Waals surface area contributed by atoms with Crippen LogP contribution in [0.25, 0.3) is 0 Å². The molecule has 0 spiro atoms. The quantitative estimate of drug-likeness (QED) is 0.658. The van der Waals surface area contributed by atoms with Crippen LogP contribution in [-0.2, 0) is 4.79 Å². The third kappa shape index (κ3) is 3.80. The van der Waals surface area contributed by atoms with E-state index in [0.717, 1.165) is 19.4 Å². The molecule has 0 saturated carbocycles. The molecule has 4 nitrogen and oxygen atoms in total. The molecule has 2 N–H and O–H groups in total. The Kier molecular flexibility index (Phi) is 5.05. The first-order valence-corrected chi connectivity index (χ1v) is 5.75. The lowest BCUT2D eigenvalue weighted by atomic mass is 9.96. The second-order valence-corrected chi connectivity index (χ2v) is 4.38. The molecule has 0 bridgehead atoms. The van der Waals surface area contributed by atoms with Gasteiger partial charge in [0, 0.05) is 19.5 Å². The van der Waals surface area contributed by atoms with Crippen LogP contribution in [0.3, 0.4) is 0 Å². The number of nitrogens with one attached hydrogen (secondary N) is 1. The Hall–Kier alpha value is -0.610. The molecule has 0 radical (unpaired) electrons. The lowest BCUT2D eigenvalue weighted by molar-refractivity contribution is -0.134. The molecule has 1 amide bonds. The zero-order valence-electron chi connectivity index (χ0n) is 9.70. The Morgan fingerprint density at radius 3 is 2.93 bits per heavy atom. The van der Waals surface area contributed by atoms with Crippen molar-refractivity contribution in [3.63, 3.8) is 0 Å². The van der Waals surface area contributed by atoms with Gasteiger partial charge in [-0.15, -0.1) is 0 Å². The average molecular weight is 214 g/mol. The second-order valence-electron chi connectivity index (χ2n) is 4.38. The van der Waals surface area contributed by atoms with Crippen molar-refractivity contribution in [2.45, 2.75) is 32.3 Å². The van der Waals surface area contributed by atoms with E-state index in [1.807, 2.05) is 18.9 Å². The molecular weight excluding hydrogens is 192 g/mol. The van der Waals surface area contributed by atoms with Crippen molar-refractivity contribution in [1.29, 1.82) is 0 Å². The van der Waals surface area contributed by atoms with Gasteiger partial charge in [0.1, 0.15) is 0 Å². The number of aliphatic hydroxyl groups excluding tert-OH is 1. The number of aliphatic hydroxyl groups is 1. The monoisotopic (exact) mass is 214 g/mol. The molecule has 0 aliphatic carbocycles. The van der Waals surface area contributed by atoms with Crippen molar-refractivity contribution >= 4 is 5.91 Å². The fourth-order valence-electron chi connectivity index (χ4n) is 1.93. The van der Waals surface area contributed by atoms with Gasteiger partial charge in [-0.05, 0) is 32.4 Å². The first kappa shape index (κ1) is 12.5. The fraction of sp³-hybridized carbons (Fsp3) is 0.909. The number of hydrogen-bond donors (Lipinski definition) is 2. The minimum Gasteiger partial charge on any atom is -0.393 e. The van der Waals surface area contributed by atoms with Crippen LogP contribution in [0.4, 0.5) is 0 Å². The van der Waals surface area contributed by atoms with E-state index in [-0.39, 0.29) is 17.9 Å². The van der Waals surface area contributed by atoms with Gasteiger partial charge in [-0.2, -0.15) is 0 Å². The predicted octanol–water partition coefficient (Wildman–Crippen LogP) is 0.215. The van der Waals surface area contributed by atoms with Crippen molar-refractivity contribution in [3.05, 3.63) is 0 Å². The van der Waals surface area contributed by atoms with Gasteiger partial charge < -0.3 is 15.3 Å². The van der Waals surface area contributed by atoms with Crippen LogP contribution in [0.2, 0.25) is 0 Å². The van der Waals surface area contributed by atoms with Crippen molar-refractivity contribution < 1.29 is 9.90 Å². The number of likely N-dealkylation sites (tertiary alicyclic amines) is 1. The van der Waals surface area contributed by atoms with Gasteiger partial charge in [-0.3, -0.25) is 4.79 Å². The van der Waals surface area contributed by atoms with E-state index >= 15 is 0 Å². The summed E-state index contributed by atoms with van der Waals surface area (Å²) < 4.78 is 0. The minimum atomic E-state index is -0.230. The number of piperidine rings is 1. The molecule has 88 valence electrons. The average Bonchev–Trinajstić information content (AvgIpc) is 2.22. The SMILES string of the molecule is CNCCCC(=O)N1CCC(O)C(C)C1. The summed E-state index contributed by atoms with van der Waals surface area (Å²) in [6.07, 6.45) is 2.00. The zero-order valence-corrected chi connectivity index (χ0v) is 9.70. The molecule has 1 heterocycles. The topological polar surface area (TPSA) is 52.6 Å². The maximum Gasteiger partial charge on any atom is 0.222 e. The molecule has 1 fully saturated rings. The summed E-state index contributed by atoms with van der Waals surface area (Å²) in [7, 11) is 1.89. The number of nitrogens with zero attached hydrogens (tertiary/aromatic N) is 1. The summed E-state index contributed by atoms with van der Waals surface area (Å²) in [6.45, 7) is 4.30. The van der Waals surface area contributed by atoms with Gasteiger partial charge in [0.2, 0.25) is 5.91 Å². The highest BCUT2D eigenvalue weighted by Gasteiger charge is 2.26. The Labute approximate surface area is 91.6 Å². The van der Waals surface area contributed by atoms with E-state index < -0.39 is 0 Å². The highest BCUT2D eigenvalue weighted by Crippen LogP contribution is 2.17. The summed E-state index contributed by atoms with van der Waals surface area (Å²) in [5, 5.41) is 12.6. The van der Waals surface area contributed by atoms with E-state index in [1.165, 1.54) is 0 Å². The van der Waals surface area contributed by atoms with Crippen LogP contribution < -0.4 is 5.32 Å². The summed E-state index contributed by atoms with van der Waals surface area (Å²) in [4.78, 5) is 13.6. The third-order valence-electron chi connectivity index (χ3n) is 3.03. The normalized spacial score (nSPS) is 26.7. The van der Waals surface area contributed by atoms with Crippen molar-refractivity contribution in [2.24, 2.45) is 5.92 Å². The Balaban J connectivity index is 2.28. The third-order valence-corrected chi connectivity index (χ3v) is 3.03. The fourth-order valence-corrected chi connectivity index (χ4v) is 1.93. The Bertz CT molecular complexity index is 209. The molecule has 2 unspecified atom stereocenters. The molecule has 1 aliphatic heterocycles. The van der Waals surface area contributed by atoms with Crippen molar-refractivity contribution in [3.8, 4) is 0 Å². The summed E-state index contributed by atoms with van der Waals surface area (Å²) in [6, 6.07) is 0. The highest BCUT2D eigenvalue weighted by molar-refractivity contribution is 5.76. The van der Waals surface area contributed by atoms with Gasteiger partial charge in [0.05, 0.1) is 6.10 Å². The van der Waals surface area contributed by atoms with Crippen LogP contribution >= 0.6 is 0 Å². The van der Waals surface area contributed by atoms with Crippen molar-refractivity contribution in [2.75, 3.05) is 26.7 Å². The maximum absolute atomic E-state index is 11.7. The van der Waals surface area contributed by atoms with E-state index in [9.17, 15) is 9.90 Å². The van der Waals surface area contributed by atoms with Crippen LogP contribution in [0.15, 0.2) is 0 Å². The first-order chi connectivity index (χ1) is 7.15. The van der Waals surface area contributed by atoms with E-state index in [0.29, 0.717) is 19.5 Å². The lowest BCUT2D eigenvalue weighted by Gasteiger charge is -2.34. The van der Waals surface area contributed by atoms with Crippen molar-refractivity contribution in [1.82, 2.24) is 10.2 Å². The summed E-state index contributed by atoms with van der Waals surface area (Å²) in [5.41, 5.74) is 0. The highest BCUT2D eigenvalue weighted by atomic mass is 16.3. The molecule has 2 atom stereocenters. The molecule has 4 heteroatoms. The summed E-state index contributed by atoms with van der Waals surface area (Å²) in [5.74, 6) is 0.441. The van der Waals surface area contributed by atoms with Gasteiger partial charge in [-0.1, -0.05) is 6.92 Å². The van der Waals surface area contributed by atoms with Crippen LogP contribution in [0.1, 0.15) is 26.2 Å². The Morgan fingerprint density at radius 2 is 2.33 bits per heavy atom. The predicted molar refractivity (Wildman–Crippen MR) is 59.5 cm³/mol. The van der Waals surface area contributed by atoms with Gasteiger partial charge in [0.25, 0.3) is 0 Å². The number of amides is 1. The summed E-state index contributed by atoms with van der Waals surface area (Å²) >= 11 is 0. The number of hydrogen-bond acceptors (Lipinski definition) is 3. The first-order valence-electron chi connectivity index (χ1n) is 5.75. The van der Waals surface area contributed by atoms with Gasteiger partial charge in [-0.25, -0.2) is 0 Å². The molecule has 0 aromatic heterocycles. The van der Waals surface area contributed by atoms with Crippen LogP contribution in [0.5, 0.6) is 0 Å². The zero-order chi connectivity index (χ0) is 11.3. The standard InChI is InChI=1S/C11H22N2O2/c1-9-8-13(7-5-10(9)14)11(15)4-3-6-12-2/h9-10,12,14H,3-8H2,1-2H3. The van der Waals surface area contributed by atoms with Gasteiger partial charge in [0.15, 0.2) is 0 Å². The van der Waals surface area contributed by atoms with Gasteiger partial charge >= 0.3 is 0 Å². The molecule has 15 heavy (non-hydrogen) atoms. The molecule has 0 aromatic rings. The largest absolute Gasteiger partial charge is 0.393 e. The maximum atomic E-state index is 11.7. The number of rotatable bonds is 4. The Morgan fingerprint density at radius 1 is 1.60 bits per heavy atom. The molecule has 0 aromatic carbocycles. The molecule has 1 saturated heterocycles. The smallest absolute Gasteiger partial charge is 0.222 e. The molecular formula is C11H22N2O2. The van der Waals surface area contributed by atoms with E-state index in [1.54, 1.807) is 0 Å². The number of carbonyl (C=O) groups is 1. The van der Waals surface area contributed by atoms with Crippen LogP contribution in [-0.4, -0.2) is 48.7 Å². The number of carbonyl (C=O) groups excluding carboxylic acids is 1. The second kappa shape index (κ2) is 6.08. The lowest BCUT2D eigenvalue weighted by Crippen LogP contribution is -2.45. The molecule has 1 rings (SSSR count).